The lowest BCUT2D eigenvalue weighted by Crippen LogP contribution is -2.29. The highest BCUT2D eigenvalue weighted by Gasteiger charge is 2.18. The number of rotatable bonds is 6. The van der Waals surface area contributed by atoms with Crippen LogP contribution in [0.15, 0.2) is 0 Å². The normalized spacial score (nSPS) is 26.9. The number of halogens is 1. The lowest BCUT2D eigenvalue weighted by molar-refractivity contribution is 0.278. The number of hydrogen-bond acceptors (Lipinski definition) is 2. The molecule has 1 fully saturated rings. The van der Waals surface area contributed by atoms with Crippen LogP contribution >= 0.6 is 11.6 Å². The Morgan fingerprint density at radius 2 is 1.88 bits per heavy atom. The van der Waals surface area contributed by atoms with Gasteiger partial charge in [-0.2, -0.15) is 0 Å². The van der Waals surface area contributed by atoms with Crippen molar-refractivity contribution in [3.63, 3.8) is 0 Å². The molecule has 0 aromatic carbocycles. The molecule has 0 heterocycles. The van der Waals surface area contributed by atoms with E-state index in [0.717, 1.165) is 12.3 Å². The van der Waals surface area contributed by atoms with Crippen molar-refractivity contribution in [1.29, 1.82) is 0 Å². The van der Waals surface area contributed by atoms with Gasteiger partial charge in [0.15, 0.2) is 0 Å². The van der Waals surface area contributed by atoms with E-state index < -0.39 is 10.0 Å². The van der Waals surface area contributed by atoms with Crippen molar-refractivity contribution in [3.8, 4) is 0 Å². The molecule has 0 unspecified atom stereocenters. The fraction of sp³-hybridized carbons (Fsp3) is 1.00. The van der Waals surface area contributed by atoms with Crippen molar-refractivity contribution >= 4 is 21.6 Å². The third-order valence-corrected chi connectivity index (χ3v) is 5.15. The zero-order chi connectivity index (χ0) is 12.0. The SMILES string of the molecule is CC1CCC(CCNS(=O)(=O)CCCl)CC1. The summed E-state index contributed by atoms with van der Waals surface area (Å²) in [6, 6.07) is 0. The summed E-state index contributed by atoms with van der Waals surface area (Å²) in [5.41, 5.74) is 0. The fourth-order valence-corrected chi connectivity index (χ4v) is 3.60. The van der Waals surface area contributed by atoms with Gasteiger partial charge in [0.2, 0.25) is 10.0 Å². The van der Waals surface area contributed by atoms with Crippen LogP contribution < -0.4 is 4.72 Å². The molecule has 0 aromatic heterocycles. The maximum Gasteiger partial charge on any atom is 0.212 e. The van der Waals surface area contributed by atoms with E-state index >= 15 is 0 Å². The average Bonchev–Trinajstić information content (AvgIpc) is 2.20. The predicted molar refractivity (Wildman–Crippen MR) is 68.2 cm³/mol. The number of sulfonamides is 1. The van der Waals surface area contributed by atoms with E-state index in [1.54, 1.807) is 0 Å². The third-order valence-electron chi connectivity index (χ3n) is 3.36. The van der Waals surface area contributed by atoms with Crippen LogP contribution in [0.25, 0.3) is 0 Å². The van der Waals surface area contributed by atoms with Crippen molar-refractivity contribution in [3.05, 3.63) is 0 Å². The van der Waals surface area contributed by atoms with Gasteiger partial charge in [-0.05, 0) is 18.3 Å². The van der Waals surface area contributed by atoms with Gasteiger partial charge >= 0.3 is 0 Å². The molecule has 0 aromatic rings. The second-order valence-electron chi connectivity index (χ2n) is 4.82. The molecule has 0 saturated heterocycles. The molecule has 1 aliphatic rings. The summed E-state index contributed by atoms with van der Waals surface area (Å²) in [6.45, 7) is 2.86. The van der Waals surface area contributed by atoms with E-state index in [-0.39, 0.29) is 11.6 Å². The molecular weight excluding hydrogens is 246 g/mol. The Morgan fingerprint density at radius 3 is 2.44 bits per heavy atom. The zero-order valence-electron chi connectivity index (χ0n) is 9.91. The Morgan fingerprint density at radius 1 is 1.25 bits per heavy atom. The van der Waals surface area contributed by atoms with Gasteiger partial charge in [0.1, 0.15) is 0 Å². The first kappa shape index (κ1) is 14.3. The molecule has 96 valence electrons. The first-order valence-corrected chi connectivity index (χ1v) is 8.25. The second kappa shape index (κ2) is 6.82. The summed E-state index contributed by atoms with van der Waals surface area (Å²) < 4.78 is 25.3. The molecule has 0 spiro atoms. The molecule has 0 atom stereocenters. The molecule has 5 heteroatoms. The molecular formula is C11H22ClNO2S. The summed E-state index contributed by atoms with van der Waals surface area (Å²) in [6.07, 6.45) is 6.04. The monoisotopic (exact) mass is 267 g/mol. The van der Waals surface area contributed by atoms with Crippen LogP contribution in [-0.4, -0.2) is 26.6 Å². The molecule has 3 nitrogen and oxygen atoms in total. The average molecular weight is 268 g/mol. The Balaban J connectivity index is 2.16. The lowest BCUT2D eigenvalue weighted by atomic mass is 9.81. The number of nitrogens with one attached hydrogen (secondary N) is 1. The predicted octanol–water partition coefficient (Wildman–Crippen LogP) is 2.36. The standard InChI is InChI=1S/C11H22ClNO2S/c1-10-2-4-11(5-3-10)6-8-13-16(14,15)9-7-12/h10-11,13H,2-9H2,1H3. The van der Waals surface area contributed by atoms with Gasteiger partial charge < -0.3 is 0 Å². The van der Waals surface area contributed by atoms with Crippen LogP contribution in [0.3, 0.4) is 0 Å². The quantitative estimate of drug-likeness (QED) is 0.751. The van der Waals surface area contributed by atoms with E-state index in [2.05, 4.69) is 11.6 Å². The van der Waals surface area contributed by atoms with Gasteiger partial charge in [-0.25, -0.2) is 13.1 Å². The zero-order valence-corrected chi connectivity index (χ0v) is 11.5. The first-order valence-electron chi connectivity index (χ1n) is 6.07. The molecule has 0 aliphatic heterocycles. The largest absolute Gasteiger partial charge is 0.215 e. The van der Waals surface area contributed by atoms with Gasteiger partial charge in [-0.3, -0.25) is 0 Å². The minimum atomic E-state index is -3.13. The molecule has 16 heavy (non-hydrogen) atoms. The fourth-order valence-electron chi connectivity index (χ4n) is 2.21. The van der Waals surface area contributed by atoms with E-state index in [1.807, 2.05) is 0 Å². The molecule has 0 radical (unpaired) electrons. The second-order valence-corrected chi connectivity index (χ2v) is 7.12. The Labute approximate surface area is 104 Å². The molecule has 0 amide bonds. The molecule has 1 saturated carbocycles. The van der Waals surface area contributed by atoms with E-state index in [0.29, 0.717) is 12.5 Å². The Bertz CT molecular complexity index is 284. The summed E-state index contributed by atoms with van der Waals surface area (Å²) in [4.78, 5) is 0. The highest BCUT2D eigenvalue weighted by Crippen LogP contribution is 2.29. The van der Waals surface area contributed by atoms with Gasteiger partial charge in [0.25, 0.3) is 0 Å². The smallest absolute Gasteiger partial charge is 0.212 e. The first-order chi connectivity index (χ1) is 7.53. The Hall–Kier alpha value is 0.200. The lowest BCUT2D eigenvalue weighted by Gasteiger charge is -2.26. The highest BCUT2D eigenvalue weighted by molar-refractivity contribution is 7.89. The molecule has 0 bridgehead atoms. The number of hydrogen-bond donors (Lipinski definition) is 1. The van der Waals surface area contributed by atoms with Crippen LogP contribution in [0.2, 0.25) is 0 Å². The van der Waals surface area contributed by atoms with Crippen molar-refractivity contribution in [2.24, 2.45) is 11.8 Å². The maximum absolute atomic E-state index is 11.3. The van der Waals surface area contributed by atoms with Gasteiger partial charge in [0.05, 0.1) is 5.75 Å². The molecule has 1 rings (SSSR count). The summed E-state index contributed by atoms with van der Waals surface area (Å²) in [5.74, 6) is 1.74. The summed E-state index contributed by atoms with van der Waals surface area (Å²) in [5, 5.41) is 0. The minimum absolute atomic E-state index is 0.0241. The van der Waals surface area contributed by atoms with Gasteiger partial charge in [-0.1, -0.05) is 32.6 Å². The minimum Gasteiger partial charge on any atom is -0.215 e. The van der Waals surface area contributed by atoms with Crippen molar-refractivity contribution in [1.82, 2.24) is 4.72 Å². The van der Waals surface area contributed by atoms with Crippen LogP contribution in [0.5, 0.6) is 0 Å². The van der Waals surface area contributed by atoms with Crippen molar-refractivity contribution in [2.75, 3.05) is 18.2 Å². The summed E-state index contributed by atoms with van der Waals surface area (Å²) >= 11 is 5.41. The van der Waals surface area contributed by atoms with Crippen molar-refractivity contribution in [2.45, 2.75) is 39.0 Å². The van der Waals surface area contributed by atoms with E-state index in [4.69, 9.17) is 11.6 Å². The van der Waals surface area contributed by atoms with Crippen LogP contribution in [0, 0.1) is 11.8 Å². The summed E-state index contributed by atoms with van der Waals surface area (Å²) in [7, 11) is -3.13. The van der Waals surface area contributed by atoms with Gasteiger partial charge in [0, 0.05) is 12.4 Å². The number of alkyl halides is 1. The van der Waals surface area contributed by atoms with Crippen LogP contribution in [0.4, 0.5) is 0 Å². The highest BCUT2D eigenvalue weighted by atomic mass is 35.5. The van der Waals surface area contributed by atoms with Gasteiger partial charge in [-0.15, -0.1) is 11.6 Å². The molecule has 1 aliphatic carbocycles. The topological polar surface area (TPSA) is 46.2 Å². The molecule has 1 N–H and O–H groups in total. The maximum atomic E-state index is 11.3. The van der Waals surface area contributed by atoms with E-state index in [1.165, 1.54) is 25.7 Å². The third kappa shape index (κ3) is 5.51. The van der Waals surface area contributed by atoms with E-state index in [9.17, 15) is 8.42 Å². The van der Waals surface area contributed by atoms with Crippen LogP contribution in [0.1, 0.15) is 39.0 Å². The van der Waals surface area contributed by atoms with Crippen molar-refractivity contribution < 1.29 is 8.42 Å². The Kier molecular flexibility index (Phi) is 6.08. The van der Waals surface area contributed by atoms with Crippen LogP contribution in [-0.2, 0) is 10.0 Å².